The average molecular weight is 249 g/mol. The Morgan fingerprint density at radius 2 is 1.89 bits per heavy atom. The zero-order valence-corrected chi connectivity index (χ0v) is 11.0. The van der Waals surface area contributed by atoms with Crippen molar-refractivity contribution in [1.29, 1.82) is 0 Å². The molecule has 0 fully saturated rings. The predicted octanol–water partition coefficient (Wildman–Crippen LogP) is 0.200. The summed E-state index contributed by atoms with van der Waals surface area (Å²) in [7, 11) is 1.87. The Labute approximate surface area is 106 Å². The third-order valence-corrected chi connectivity index (χ3v) is 2.63. The molecule has 2 aromatic rings. The molecule has 7 heteroatoms. The molecule has 1 N–H and O–H groups in total. The van der Waals surface area contributed by atoms with Gasteiger partial charge in [0.2, 0.25) is 0 Å². The van der Waals surface area contributed by atoms with Crippen LogP contribution in [0.3, 0.4) is 0 Å². The van der Waals surface area contributed by atoms with Crippen molar-refractivity contribution in [3.05, 3.63) is 24.3 Å². The first-order valence-electron chi connectivity index (χ1n) is 6.07. The Morgan fingerprint density at radius 1 is 1.17 bits per heavy atom. The summed E-state index contributed by atoms with van der Waals surface area (Å²) in [5.74, 6) is 2.41. The van der Waals surface area contributed by atoms with Crippen LogP contribution in [0.1, 0.15) is 25.5 Å². The van der Waals surface area contributed by atoms with Crippen LogP contribution in [0, 0.1) is 5.92 Å². The number of aromatic nitrogens is 6. The minimum Gasteiger partial charge on any atom is -0.310 e. The third kappa shape index (κ3) is 3.13. The lowest BCUT2D eigenvalue weighted by molar-refractivity contribution is 0.515. The first-order valence-corrected chi connectivity index (χ1v) is 6.07. The van der Waals surface area contributed by atoms with Gasteiger partial charge in [-0.25, -0.2) is 14.6 Å². The Morgan fingerprint density at radius 3 is 2.56 bits per heavy atom. The number of hydrogen-bond donors (Lipinski definition) is 1. The summed E-state index contributed by atoms with van der Waals surface area (Å²) in [6, 6.07) is 0. The highest BCUT2D eigenvalue weighted by Gasteiger charge is 2.08. The van der Waals surface area contributed by atoms with E-state index in [-0.39, 0.29) is 0 Å². The molecule has 0 saturated carbocycles. The van der Waals surface area contributed by atoms with Gasteiger partial charge in [-0.2, -0.15) is 10.2 Å². The van der Waals surface area contributed by atoms with Gasteiger partial charge in [0.15, 0.2) is 0 Å². The van der Waals surface area contributed by atoms with E-state index in [1.54, 1.807) is 17.3 Å². The summed E-state index contributed by atoms with van der Waals surface area (Å²) in [4.78, 5) is 8.44. The van der Waals surface area contributed by atoms with Crippen molar-refractivity contribution in [1.82, 2.24) is 34.8 Å². The van der Waals surface area contributed by atoms with Crippen molar-refractivity contribution in [2.75, 3.05) is 6.54 Å². The molecule has 2 aromatic heterocycles. The fourth-order valence-corrected chi connectivity index (χ4v) is 1.63. The molecule has 7 nitrogen and oxygen atoms in total. The lowest BCUT2D eigenvalue weighted by Gasteiger charge is -2.08. The molecule has 0 bridgehead atoms. The molecule has 0 aliphatic heterocycles. The number of hydrogen-bond acceptors (Lipinski definition) is 5. The molecule has 0 atom stereocenters. The largest absolute Gasteiger partial charge is 0.310 e. The molecule has 2 rings (SSSR count). The number of rotatable bonds is 6. The molecule has 2 heterocycles. The van der Waals surface area contributed by atoms with Crippen LogP contribution in [0.5, 0.6) is 0 Å². The van der Waals surface area contributed by atoms with Gasteiger partial charge in [-0.05, 0) is 12.5 Å². The second-order valence-electron chi connectivity index (χ2n) is 4.66. The van der Waals surface area contributed by atoms with Crippen LogP contribution < -0.4 is 5.32 Å². The number of aryl methyl sites for hydroxylation is 1. The second kappa shape index (κ2) is 5.72. The average Bonchev–Trinajstić information content (AvgIpc) is 2.90. The smallest absolute Gasteiger partial charge is 0.148 e. The number of nitrogens with zero attached hydrogens (tertiary/aromatic N) is 6. The van der Waals surface area contributed by atoms with Gasteiger partial charge in [0, 0.05) is 7.05 Å². The van der Waals surface area contributed by atoms with Crippen LogP contribution in [-0.4, -0.2) is 36.1 Å². The highest BCUT2D eigenvalue weighted by atomic mass is 15.4. The van der Waals surface area contributed by atoms with Crippen molar-refractivity contribution in [3.8, 4) is 0 Å². The zero-order chi connectivity index (χ0) is 13.0. The first kappa shape index (κ1) is 12.7. The summed E-state index contributed by atoms with van der Waals surface area (Å²) in [5, 5.41) is 11.6. The Bertz CT molecular complexity index is 485. The molecule has 0 spiro atoms. The fraction of sp³-hybridized carbons (Fsp3) is 0.636. The van der Waals surface area contributed by atoms with E-state index < -0.39 is 0 Å². The van der Waals surface area contributed by atoms with E-state index >= 15 is 0 Å². The van der Waals surface area contributed by atoms with E-state index in [9.17, 15) is 0 Å². The standard InChI is InChI=1S/C11H19N7/c1-9(2)4-12-5-10-13-8-16-18(10)6-11-14-7-15-17(11)3/h7-9,12H,4-6H2,1-3H3. The summed E-state index contributed by atoms with van der Waals surface area (Å²) in [6.45, 7) is 6.64. The summed E-state index contributed by atoms with van der Waals surface area (Å²) in [5.41, 5.74) is 0. The van der Waals surface area contributed by atoms with Crippen LogP contribution >= 0.6 is 0 Å². The topological polar surface area (TPSA) is 73.5 Å². The van der Waals surface area contributed by atoms with Gasteiger partial charge in [0.1, 0.15) is 30.8 Å². The Balaban J connectivity index is 1.97. The van der Waals surface area contributed by atoms with Crippen molar-refractivity contribution in [2.24, 2.45) is 13.0 Å². The molecule has 0 aliphatic rings. The second-order valence-corrected chi connectivity index (χ2v) is 4.66. The normalized spacial score (nSPS) is 11.3. The monoisotopic (exact) mass is 249 g/mol. The zero-order valence-electron chi connectivity index (χ0n) is 11.0. The van der Waals surface area contributed by atoms with Crippen LogP contribution in [0.4, 0.5) is 0 Å². The molecular weight excluding hydrogens is 230 g/mol. The maximum absolute atomic E-state index is 4.26. The quantitative estimate of drug-likeness (QED) is 0.791. The first-order chi connectivity index (χ1) is 8.66. The molecule has 0 radical (unpaired) electrons. The van der Waals surface area contributed by atoms with Gasteiger partial charge in [0.05, 0.1) is 6.54 Å². The van der Waals surface area contributed by atoms with Gasteiger partial charge < -0.3 is 5.32 Å². The number of nitrogens with one attached hydrogen (secondary N) is 1. The molecule has 0 aromatic carbocycles. The van der Waals surface area contributed by atoms with Crippen LogP contribution in [0.15, 0.2) is 12.7 Å². The predicted molar refractivity (Wildman–Crippen MR) is 66.7 cm³/mol. The van der Waals surface area contributed by atoms with Gasteiger partial charge in [-0.15, -0.1) is 0 Å². The summed E-state index contributed by atoms with van der Waals surface area (Å²) >= 11 is 0. The molecule has 0 amide bonds. The summed E-state index contributed by atoms with van der Waals surface area (Å²) in [6.07, 6.45) is 3.12. The van der Waals surface area contributed by atoms with Gasteiger partial charge in [-0.3, -0.25) is 4.68 Å². The van der Waals surface area contributed by atoms with Crippen molar-refractivity contribution in [2.45, 2.75) is 26.9 Å². The van der Waals surface area contributed by atoms with Crippen LogP contribution in [-0.2, 0) is 20.1 Å². The molecule has 0 aliphatic carbocycles. The molecule has 0 unspecified atom stereocenters. The van der Waals surface area contributed by atoms with Gasteiger partial charge in [-0.1, -0.05) is 13.8 Å². The van der Waals surface area contributed by atoms with Crippen molar-refractivity contribution < 1.29 is 0 Å². The lowest BCUT2D eigenvalue weighted by atomic mass is 10.2. The minimum absolute atomic E-state index is 0.592. The van der Waals surface area contributed by atoms with E-state index in [1.807, 2.05) is 11.7 Å². The summed E-state index contributed by atoms with van der Waals surface area (Å²) < 4.78 is 3.59. The van der Waals surface area contributed by atoms with E-state index in [0.29, 0.717) is 12.5 Å². The van der Waals surface area contributed by atoms with E-state index in [2.05, 4.69) is 39.3 Å². The van der Waals surface area contributed by atoms with E-state index in [1.165, 1.54) is 0 Å². The maximum atomic E-state index is 4.26. The SMILES string of the molecule is CC(C)CNCc1ncnn1Cc1ncnn1C. The van der Waals surface area contributed by atoms with Gasteiger partial charge in [0.25, 0.3) is 0 Å². The minimum atomic E-state index is 0.592. The molecule has 18 heavy (non-hydrogen) atoms. The van der Waals surface area contributed by atoms with Crippen LogP contribution in [0.2, 0.25) is 0 Å². The third-order valence-electron chi connectivity index (χ3n) is 2.63. The molecule has 0 saturated heterocycles. The van der Waals surface area contributed by atoms with Gasteiger partial charge >= 0.3 is 0 Å². The van der Waals surface area contributed by atoms with E-state index in [0.717, 1.165) is 24.7 Å². The molecular formula is C11H19N7. The Hall–Kier alpha value is -1.76. The molecule has 98 valence electrons. The highest BCUT2D eigenvalue weighted by Crippen LogP contribution is 2.00. The van der Waals surface area contributed by atoms with Crippen LogP contribution in [0.25, 0.3) is 0 Å². The Kier molecular flexibility index (Phi) is 4.03. The van der Waals surface area contributed by atoms with E-state index in [4.69, 9.17) is 0 Å². The highest BCUT2D eigenvalue weighted by molar-refractivity contribution is 4.91. The lowest BCUT2D eigenvalue weighted by Crippen LogP contribution is -2.22. The maximum Gasteiger partial charge on any atom is 0.148 e. The van der Waals surface area contributed by atoms with Crippen molar-refractivity contribution >= 4 is 0 Å². The van der Waals surface area contributed by atoms with Crippen molar-refractivity contribution in [3.63, 3.8) is 0 Å². The fourth-order valence-electron chi connectivity index (χ4n) is 1.63.